The smallest absolute Gasteiger partial charge is 0.341 e. The number of aromatic nitrogens is 2. The highest BCUT2D eigenvalue weighted by Gasteiger charge is 2.14. The normalized spacial score (nSPS) is 9.64. The Morgan fingerprint density at radius 3 is 2.57 bits per heavy atom. The van der Waals surface area contributed by atoms with E-state index in [1.165, 1.54) is 13.2 Å². The topological polar surface area (TPSA) is 75.6 Å². The first-order chi connectivity index (χ1) is 6.56. The number of rotatable bonds is 3. The van der Waals surface area contributed by atoms with Gasteiger partial charge < -0.3 is 14.7 Å². The van der Waals surface area contributed by atoms with Crippen LogP contribution < -0.4 is 9.64 Å². The average Bonchev–Trinajstić information content (AvgIpc) is 2.16. The Bertz CT molecular complexity index is 352. The molecule has 6 nitrogen and oxygen atoms in total. The largest absolute Gasteiger partial charge is 0.479 e. The van der Waals surface area contributed by atoms with Crippen LogP contribution in [0.1, 0.15) is 10.4 Å². The van der Waals surface area contributed by atoms with Crippen molar-refractivity contribution in [3.05, 3.63) is 11.6 Å². The Morgan fingerprint density at radius 1 is 1.50 bits per heavy atom. The van der Waals surface area contributed by atoms with Crippen molar-refractivity contribution in [3.63, 3.8) is 0 Å². The molecule has 0 spiro atoms. The van der Waals surface area contributed by atoms with Crippen molar-refractivity contribution in [2.24, 2.45) is 0 Å². The van der Waals surface area contributed by atoms with Crippen LogP contribution >= 0.6 is 0 Å². The van der Waals surface area contributed by atoms with Gasteiger partial charge in [-0.05, 0) is 0 Å². The first-order valence-corrected chi connectivity index (χ1v) is 3.88. The van der Waals surface area contributed by atoms with Gasteiger partial charge in [-0.15, -0.1) is 10.2 Å². The van der Waals surface area contributed by atoms with Gasteiger partial charge in [0, 0.05) is 20.2 Å². The van der Waals surface area contributed by atoms with Gasteiger partial charge in [-0.25, -0.2) is 4.79 Å². The third-order valence-corrected chi connectivity index (χ3v) is 1.63. The van der Waals surface area contributed by atoms with Gasteiger partial charge in [0.2, 0.25) is 5.88 Å². The SMILES string of the molecule is COc1nnc(N(C)C)cc1C(=O)O. The van der Waals surface area contributed by atoms with E-state index in [0.717, 1.165) is 0 Å². The molecule has 6 heteroatoms. The molecule has 1 aromatic rings. The summed E-state index contributed by atoms with van der Waals surface area (Å²) in [6.45, 7) is 0. The van der Waals surface area contributed by atoms with Gasteiger partial charge in [-0.2, -0.15) is 0 Å². The number of anilines is 1. The van der Waals surface area contributed by atoms with E-state index in [1.54, 1.807) is 19.0 Å². The quantitative estimate of drug-likeness (QED) is 0.748. The van der Waals surface area contributed by atoms with Gasteiger partial charge in [0.1, 0.15) is 5.56 Å². The minimum Gasteiger partial charge on any atom is -0.479 e. The summed E-state index contributed by atoms with van der Waals surface area (Å²) in [6.07, 6.45) is 0. The molecule has 0 aliphatic heterocycles. The van der Waals surface area contributed by atoms with E-state index in [9.17, 15) is 4.79 Å². The zero-order valence-electron chi connectivity index (χ0n) is 8.18. The molecule has 0 aliphatic carbocycles. The molecule has 0 amide bonds. The molecule has 1 heterocycles. The lowest BCUT2D eigenvalue weighted by molar-refractivity contribution is 0.0692. The fourth-order valence-electron chi connectivity index (χ4n) is 0.893. The van der Waals surface area contributed by atoms with Crippen LogP contribution in [-0.2, 0) is 0 Å². The standard InChI is InChI=1S/C8H11N3O3/c1-11(2)6-4-5(8(12)13)7(14-3)10-9-6/h4H,1-3H3,(H,12,13). The molecule has 0 aliphatic rings. The predicted molar refractivity (Wildman–Crippen MR) is 49.9 cm³/mol. The van der Waals surface area contributed by atoms with E-state index in [1.807, 2.05) is 0 Å². The molecule has 76 valence electrons. The van der Waals surface area contributed by atoms with Crippen molar-refractivity contribution in [2.45, 2.75) is 0 Å². The Morgan fingerprint density at radius 2 is 2.14 bits per heavy atom. The van der Waals surface area contributed by atoms with Crippen molar-refractivity contribution in [1.29, 1.82) is 0 Å². The summed E-state index contributed by atoms with van der Waals surface area (Å²) in [4.78, 5) is 12.5. The van der Waals surface area contributed by atoms with Crippen molar-refractivity contribution in [1.82, 2.24) is 10.2 Å². The van der Waals surface area contributed by atoms with Gasteiger partial charge in [0.25, 0.3) is 0 Å². The number of methoxy groups -OCH3 is 1. The number of carbonyl (C=O) groups is 1. The number of aromatic carboxylic acids is 1. The molecule has 0 atom stereocenters. The molecule has 0 radical (unpaired) electrons. The second-order valence-electron chi connectivity index (χ2n) is 2.83. The van der Waals surface area contributed by atoms with E-state index < -0.39 is 5.97 Å². The fourth-order valence-corrected chi connectivity index (χ4v) is 0.893. The Balaban J connectivity index is 3.21. The van der Waals surface area contributed by atoms with Gasteiger partial charge in [-0.3, -0.25) is 0 Å². The maximum atomic E-state index is 10.8. The molecule has 0 saturated carbocycles. The van der Waals surface area contributed by atoms with Gasteiger partial charge in [0.15, 0.2) is 5.82 Å². The molecule has 0 aromatic carbocycles. The van der Waals surface area contributed by atoms with Crippen molar-refractivity contribution in [2.75, 3.05) is 26.1 Å². The van der Waals surface area contributed by atoms with Gasteiger partial charge in [-0.1, -0.05) is 0 Å². The number of nitrogens with zero attached hydrogens (tertiary/aromatic N) is 3. The number of ether oxygens (including phenoxy) is 1. The molecule has 1 N–H and O–H groups in total. The molecule has 0 unspecified atom stereocenters. The van der Waals surface area contributed by atoms with Gasteiger partial charge in [0.05, 0.1) is 7.11 Å². The summed E-state index contributed by atoms with van der Waals surface area (Å²) < 4.78 is 4.77. The molecule has 1 aromatic heterocycles. The molecule has 0 fully saturated rings. The number of carboxylic acid groups (broad SMARTS) is 1. The zero-order valence-corrected chi connectivity index (χ0v) is 8.18. The highest BCUT2D eigenvalue weighted by atomic mass is 16.5. The molecule has 0 saturated heterocycles. The summed E-state index contributed by atoms with van der Waals surface area (Å²) in [6, 6.07) is 1.41. The lowest BCUT2D eigenvalue weighted by Gasteiger charge is -2.11. The average molecular weight is 197 g/mol. The molecule has 14 heavy (non-hydrogen) atoms. The van der Waals surface area contributed by atoms with Crippen LogP contribution in [0, 0.1) is 0 Å². The first-order valence-electron chi connectivity index (χ1n) is 3.88. The number of hydrogen-bond acceptors (Lipinski definition) is 5. The summed E-state index contributed by atoms with van der Waals surface area (Å²) in [5.74, 6) is -0.592. The first kappa shape index (κ1) is 10.2. The Kier molecular flexibility index (Phi) is 2.85. The minimum absolute atomic E-state index is 0.00574. The van der Waals surface area contributed by atoms with Crippen LogP contribution in [0.3, 0.4) is 0 Å². The van der Waals surface area contributed by atoms with E-state index >= 15 is 0 Å². The highest BCUT2D eigenvalue weighted by Crippen LogP contribution is 2.17. The molecular weight excluding hydrogens is 186 g/mol. The summed E-state index contributed by atoms with van der Waals surface area (Å²) in [5.41, 5.74) is 0.00574. The van der Waals surface area contributed by atoms with Crippen LogP contribution in [0.2, 0.25) is 0 Å². The zero-order chi connectivity index (χ0) is 10.7. The third kappa shape index (κ3) is 1.90. The summed E-state index contributed by atoms with van der Waals surface area (Å²) in [5, 5.41) is 16.3. The van der Waals surface area contributed by atoms with Crippen LogP contribution in [0.4, 0.5) is 5.82 Å². The predicted octanol–water partition coefficient (Wildman–Crippen LogP) is 0.249. The van der Waals surface area contributed by atoms with E-state index in [0.29, 0.717) is 5.82 Å². The highest BCUT2D eigenvalue weighted by molar-refractivity contribution is 5.90. The second-order valence-corrected chi connectivity index (χ2v) is 2.83. The summed E-state index contributed by atoms with van der Waals surface area (Å²) >= 11 is 0. The monoisotopic (exact) mass is 197 g/mol. The van der Waals surface area contributed by atoms with E-state index in [-0.39, 0.29) is 11.4 Å². The second kappa shape index (κ2) is 3.91. The van der Waals surface area contributed by atoms with Crippen molar-refractivity contribution in [3.8, 4) is 5.88 Å². The third-order valence-electron chi connectivity index (χ3n) is 1.63. The van der Waals surface area contributed by atoms with Crippen molar-refractivity contribution >= 4 is 11.8 Å². The lowest BCUT2D eigenvalue weighted by atomic mass is 10.3. The minimum atomic E-state index is -1.08. The Labute approximate surface area is 81.1 Å². The fraction of sp³-hybridized carbons (Fsp3) is 0.375. The van der Waals surface area contributed by atoms with Crippen LogP contribution in [0.5, 0.6) is 5.88 Å². The number of hydrogen-bond donors (Lipinski definition) is 1. The maximum Gasteiger partial charge on any atom is 0.341 e. The summed E-state index contributed by atoms with van der Waals surface area (Å²) in [7, 11) is 4.86. The molecular formula is C8H11N3O3. The van der Waals surface area contributed by atoms with Gasteiger partial charge >= 0.3 is 5.97 Å². The van der Waals surface area contributed by atoms with Crippen LogP contribution in [0.25, 0.3) is 0 Å². The van der Waals surface area contributed by atoms with E-state index in [2.05, 4.69) is 10.2 Å². The number of carboxylic acids is 1. The van der Waals surface area contributed by atoms with Crippen molar-refractivity contribution < 1.29 is 14.6 Å². The van der Waals surface area contributed by atoms with Crippen LogP contribution in [-0.4, -0.2) is 42.5 Å². The van der Waals surface area contributed by atoms with E-state index in [4.69, 9.17) is 9.84 Å². The Hall–Kier alpha value is -1.85. The lowest BCUT2D eigenvalue weighted by Crippen LogP contribution is -2.14. The molecule has 1 rings (SSSR count). The molecule has 0 bridgehead atoms. The van der Waals surface area contributed by atoms with Crippen LogP contribution in [0.15, 0.2) is 6.07 Å². The maximum absolute atomic E-state index is 10.8.